The van der Waals surface area contributed by atoms with Crippen LogP contribution in [-0.2, 0) is 10.2 Å². The molecule has 3 N–H and O–H groups in total. The Bertz CT molecular complexity index is 1050. The van der Waals surface area contributed by atoms with E-state index in [0.717, 1.165) is 35.3 Å². The van der Waals surface area contributed by atoms with Gasteiger partial charge in [-0.25, -0.2) is 0 Å². The number of aryl methyl sites for hydroxylation is 3. The summed E-state index contributed by atoms with van der Waals surface area (Å²) in [6.45, 7) is 14.7. The van der Waals surface area contributed by atoms with Crippen LogP contribution in [0.25, 0.3) is 6.08 Å². The lowest BCUT2D eigenvalue weighted by Crippen LogP contribution is -2.27. The second-order valence-electron chi connectivity index (χ2n) is 10.3. The van der Waals surface area contributed by atoms with Crippen LogP contribution in [0.2, 0.25) is 0 Å². The van der Waals surface area contributed by atoms with E-state index in [9.17, 15) is 15.0 Å². The van der Waals surface area contributed by atoms with Gasteiger partial charge >= 0.3 is 5.97 Å². The smallest absolute Gasteiger partial charge is 0.303 e. The number of carboxylic acid groups (broad SMARTS) is 1. The van der Waals surface area contributed by atoms with Gasteiger partial charge in [0.05, 0.1) is 11.7 Å². The zero-order valence-corrected chi connectivity index (χ0v) is 23.7. The van der Waals surface area contributed by atoms with Gasteiger partial charge in [-0.05, 0) is 86.3 Å². The molecule has 0 bridgehead atoms. The number of hydrogen-bond acceptors (Lipinski definition) is 4. The molecule has 204 valence electrons. The summed E-state index contributed by atoms with van der Waals surface area (Å²) in [5.41, 5.74) is 5.87. The molecule has 0 aliphatic rings. The summed E-state index contributed by atoms with van der Waals surface area (Å²) in [6.07, 6.45) is 6.48. The van der Waals surface area contributed by atoms with Crippen LogP contribution < -0.4 is 4.74 Å². The molecule has 2 aromatic carbocycles. The van der Waals surface area contributed by atoms with E-state index in [4.69, 9.17) is 9.84 Å². The van der Waals surface area contributed by atoms with Crippen molar-refractivity contribution in [3.8, 4) is 5.75 Å². The molecule has 0 aliphatic carbocycles. The predicted octanol–water partition coefficient (Wildman–Crippen LogP) is 6.89. The van der Waals surface area contributed by atoms with Gasteiger partial charge in [-0.1, -0.05) is 70.2 Å². The van der Waals surface area contributed by atoms with Crippen molar-refractivity contribution >= 4 is 12.0 Å². The number of carbonyl (C=O) groups is 1. The third-order valence-corrected chi connectivity index (χ3v) is 7.95. The third kappa shape index (κ3) is 7.45. The Hall–Kier alpha value is -2.63. The van der Waals surface area contributed by atoms with Gasteiger partial charge in [-0.3, -0.25) is 4.79 Å². The molecule has 5 heteroatoms. The third-order valence-electron chi connectivity index (χ3n) is 7.95. The minimum Gasteiger partial charge on any atom is -0.490 e. The highest BCUT2D eigenvalue weighted by molar-refractivity contribution is 5.66. The Morgan fingerprint density at radius 3 is 1.97 bits per heavy atom. The summed E-state index contributed by atoms with van der Waals surface area (Å²) < 4.78 is 5.94. The topological polar surface area (TPSA) is 87.0 Å². The molecule has 0 heterocycles. The lowest BCUT2D eigenvalue weighted by Gasteiger charge is -2.35. The minimum atomic E-state index is -0.922. The maximum absolute atomic E-state index is 10.8. The first-order valence-corrected chi connectivity index (χ1v) is 13.6. The van der Waals surface area contributed by atoms with Crippen LogP contribution in [0.3, 0.4) is 0 Å². The minimum absolute atomic E-state index is 0.0698. The molecule has 0 aromatic heterocycles. The summed E-state index contributed by atoms with van der Waals surface area (Å²) >= 11 is 0. The van der Waals surface area contributed by atoms with Crippen LogP contribution in [0.4, 0.5) is 0 Å². The second-order valence-corrected chi connectivity index (χ2v) is 10.3. The van der Waals surface area contributed by atoms with Crippen molar-refractivity contribution in [2.24, 2.45) is 0 Å². The number of hydrogen-bond donors (Lipinski definition) is 3. The second kappa shape index (κ2) is 13.3. The van der Waals surface area contributed by atoms with E-state index in [0.29, 0.717) is 12.8 Å². The Morgan fingerprint density at radius 1 is 0.919 bits per heavy atom. The van der Waals surface area contributed by atoms with Gasteiger partial charge in [0.2, 0.25) is 0 Å². The molecule has 1 atom stereocenters. The summed E-state index contributed by atoms with van der Waals surface area (Å²) in [5, 5.41) is 29.6. The highest BCUT2D eigenvalue weighted by atomic mass is 16.5. The maximum Gasteiger partial charge on any atom is 0.303 e. The first-order chi connectivity index (χ1) is 17.4. The summed E-state index contributed by atoms with van der Waals surface area (Å²) in [7, 11) is 0. The van der Waals surface area contributed by atoms with Crippen molar-refractivity contribution in [3.05, 3.63) is 69.8 Å². The molecule has 0 saturated heterocycles. The normalized spacial score (nSPS) is 13.2. The largest absolute Gasteiger partial charge is 0.490 e. The van der Waals surface area contributed by atoms with Crippen LogP contribution in [0, 0.1) is 20.8 Å². The molecule has 0 aliphatic heterocycles. The zero-order valence-electron chi connectivity index (χ0n) is 23.7. The van der Waals surface area contributed by atoms with Crippen molar-refractivity contribution in [2.75, 3.05) is 6.61 Å². The Labute approximate surface area is 223 Å². The zero-order chi connectivity index (χ0) is 27.8. The highest BCUT2D eigenvalue weighted by Crippen LogP contribution is 2.42. The number of rotatable bonds is 14. The van der Waals surface area contributed by atoms with Gasteiger partial charge < -0.3 is 20.1 Å². The first-order valence-electron chi connectivity index (χ1n) is 13.6. The van der Waals surface area contributed by atoms with Gasteiger partial charge in [-0.15, -0.1) is 0 Å². The molecule has 0 spiro atoms. The fourth-order valence-electron chi connectivity index (χ4n) is 5.13. The van der Waals surface area contributed by atoms with Gasteiger partial charge in [0, 0.05) is 11.8 Å². The number of carboxylic acids is 1. The molecule has 2 rings (SSSR count). The van der Waals surface area contributed by atoms with Crippen molar-refractivity contribution in [1.29, 1.82) is 0 Å². The number of aliphatic carboxylic acids is 1. The van der Waals surface area contributed by atoms with Crippen molar-refractivity contribution in [1.82, 2.24) is 0 Å². The van der Waals surface area contributed by atoms with Crippen LogP contribution in [0.1, 0.15) is 99.6 Å². The molecule has 0 radical (unpaired) electrons. The Morgan fingerprint density at radius 2 is 1.49 bits per heavy atom. The molecule has 0 amide bonds. The van der Waals surface area contributed by atoms with Gasteiger partial charge in [-0.2, -0.15) is 0 Å². The van der Waals surface area contributed by atoms with E-state index in [1.54, 1.807) is 0 Å². The van der Waals surface area contributed by atoms with E-state index in [1.807, 2.05) is 39.8 Å². The average molecular weight is 511 g/mol. The van der Waals surface area contributed by atoms with E-state index < -0.39 is 17.7 Å². The van der Waals surface area contributed by atoms with Gasteiger partial charge in [0.1, 0.15) is 12.4 Å². The fourth-order valence-corrected chi connectivity index (χ4v) is 5.13. The molecule has 37 heavy (non-hydrogen) atoms. The Kier molecular flexibility index (Phi) is 11.0. The summed E-state index contributed by atoms with van der Waals surface area (Å²) in [5.74, 6) is -0.177. The molecule has 5 nitrogen and oxygen atoms in total. The highest BCUT2D eigenvalue weighted by Gasteiger charge is 2.32. The van der Waals surface area contributed by atoms with E-state index in [1.165, 1.54) is 16.7 Å². The van der Waals surface area contributed by atoms with Gasteiger partial charge in [0.25, 0.3) is 0 Å². The van der Waals surface area contributed by atoms with Crippen molar-refractivity contribution in [2.45, 2.75) is 104 Å². The van der Waals surface area contributed by atoms with E-state index in [2.05, 4.69) is 51.1 Å². The first kappa shape index (κ1) is 30.6. The fraction of sp³-hybridized carbons (Fsp3) is 0.531. The lowest BCUT2D eigenvalue weighted by molar-refractivity contribution is -0.137. The van der Waals surface area contributed by atoms with Gasteiger partial charge in [0.15, 0.2) is 0 Å². The summed E-state index contributed by atoms with van der Waals surface area (Å²) in [6, 6.07) is 11.0. The quantitative estimate of drug-likeness (QED) is 0.258. The van der Waals surface area contributed by atoms with Crippen molar-refractivity contribution < 1.29 is 24.9 Å². The Balaban J connectivity index is 2.38. The van der Waals surface area contributed by atoms with Crippen LogP contribution in [0.15, 0.2) is 36.4 Å². The summed E-state index contributed by atoms with van der Waals surface area (Å²) in [4.78, 5) is 10.8. The van der Waals surface area contributed by atoms with Crippen LogP contribution >= 0.6 is 0 Å². The predicted molar refractivity (Wildman–Crippen MR) is 151 cm³/mol. The number of aliphatic hydroxyl groups excluding tert-OH is 1. The number of aliphatic hydroxyl groups is 2. The number of benzene rings is 2. The monoisotopic (exact) mass is 510 g/mol. The molecule has 1 unspecified atom stereocenters. The number of ether oxygens (including phenoxy) is 1. The van der Waals surface area contributed by atoms with Crippen LogP contribution in [-0.4, -0.2) is 39.6 Å². The molecule has 0 fully saturated rings. The molecular formula is C32H46O5. The lowest BCUT2D eigenvalue weighted by atomic mass is 9.69. The van der Waals surface area contributed by atoms with Crippen molar-refractivity contribution in [3.63, 3.8) is 0 Å². The van der Waals surface area contributed by atoms with E-state index >= 15 is 0 Å². The molecule has 2 aromatic rings. The molecular weight excluding hydrogens is 464 g/mol. The molecule has 0 saturated carbocycles. The van der Waals surface area contributed by atoms with E-state index in [-0.39, 0.29) is 24.9 Å². The SMILES string of the molecule is CCC(O)(/C=C/c1ccc(C(CC)(CC)c2cc(C)c(OCC(O)CCC(=O)O)c(C)c2)cc1C)CC. The standard InChI is InChI=1S/C32H46O5/c1-8-31(36,9-2)17-16-25-12-13-26(18-22(25)5)32(10-3,11-4)27-19-23(6)30(24(7)20-27)37-21-28(33)14-15-29(34)35/h12-13,16-20,28,33,36H,8-11,14-15,21H2,1-7H3,(H,34,35)/b17-16+. The van der Waals surface area contributed by atoms with Crippen LogP contribution in [0.5, 0.6) is 5.75 Å². The maximum atomic E-state index is 10.8. The average Bonchev–Trinajstić information content (AvgIpc) is 2.87.